The summed E-state index contributed by atoms with van der Waals surface area (Å²) in [7, 11) is 0. The number of hydrogen-bond donors (Lipinski definition) is 2. The average molecular weight is 305 g/mol. The van der Waals surface area contributed by atoms with Crippen molar-refractivity contribution in [3.63, 3.8) is 0 Å². The molecule has 0 atom stereocenters. The third-order valence-corrected chi connectivity index (χ3v) is 3.71. The number of nitrogens with one attached hydrogen (secondary N) is 1. The fraction of sp³-hybridized carbons (Fsp3) is 0.588. The zero-order chi connectivity index (χ0) is 15.6. The van der Waals surface area contributed by atoms with E-state index in [1.54, 1.807) is 0 Å². The Morgan fingerprint density at radius 3 is 2.73 bits per heavy atom. The fourth-order valence-electron chi connectivity index (χ4n) is 2.48. The molecule has 5 heteroatoms. The summed E-state index contributed by atoms with van der Waals surface area (Å²) in [4.78, 5) is 6.83. The Hall–Kier alpha value is -1.59. The fourth-order valence-corrected chi connectivity index (χ4v) is 2.48. The van der Waals surface area contributed by atoms with Gasteiger partial charge in [0.2, 0.25) is 0 Å². The van der Waals surface area contributed by atoms with Gasteiger partial charge in [-0.2, -0.15) is 0 Å². The van der Waals surface area contributed by atoms with Crippen molar-refractivity contribution in [3.05, 3.63) is 35.9 Å². The standard InChI is InChI=1S/C17H27N3O2/c1-2-18-17(20-11-8-16(21)9-12-20)19-10-13-22-14-15-6-4-3-5-7-15/h3-7,16,21H,2,8-14H2,1H3,(H,18,19). The van der Waals surface area contributed by atoms with Crippen LogP contribution >= 0.6 is 0 Å². The van der Waals surface area contributed by atoms with Gasteiger partial charge in [0.15, 0.2) is 5.96 Å². The molecule has 5 nitrogen and oxygen atoms in total. The smallest absolute Gasteiger partial charge is 0.193 e. The van der Waals surface area contributed by atoms with Crippen molar-refractivity contribution < 1.29 is 9.84 Å². The Labute approximate surface area is 133 Å². The van der Waals surface area contributed by atoms with E-state index in [4.69, 9.17) is 4.74 Å². The molecule has 0 bridgehead atoms. The number of hydrogen-bond acceptors (Lipinski definition) is 3. The zero-order valence-corrected chi connectivity index (χ0v) is 13.4. The Bertz CT molecular complexity index is 442. The van der Waals surface area contributed by atoms with E-state index in [0.29, 0.717) is 19.8 Å². The topological polar surface area (TPSA) is 57.1 Å². The molecule has 1 heterocycles. The number of aliphatic hydroxyl groups is 1. The van der Waals surface area contributed by atoms with Crippen LogP contribution in [0.15, 0.2) is 35.3 Å². The number of aliphatic hydroxyl groups excluding tert-OH is 1. The molecule has 0 radical (unpaired) electrons. The first-order valence-electron chi connectivity index (χ1n) is 8.12. The van der Waals surface area contributed by atoms with E-state index < -0.39 is 0 Å². The van der Waals surface area contributed by atoms with Crippen molar-refractivity contribution in [1.29, 1.82) is 0 Å². The maximum atomic E-state index is 9.59. The number of aliphatic imine (C=N–C) groups is 1. The molecule has 2 rings (SSSR count). The van der Waals surface area contributed by atoms with Crippen LogP contribution < -0.4 is 5.32 Å². The molecule has 1 aliphatic rings. The van der Waals surface area contributed by atoms with Gasteiger partial charge in [0.05, 0.1) is 25.9 Å². The molecule has 22 heavy (non-hydrogen) atoms. The third-order valence-electron chi connectivity index (χ3n) is 3.71. The van der Waals surface area contributed by atoms with Gasteiger partial charge in [0, 0.05) is 19.6 Å². The summed E-state index contributed by atoms with van der Waals surface area (Å²) in [5.74, 6) is 0.928. The zero-order valence-electron chi connectivity index (χ0n) is 13.4. The highest BCUT2D eigenvalue weighted by Gasteiger charge is 2.19. The molecule has 2 N–H and O–H groups in total. The minimum absolute atomic E-state index is 0.159. The monoisotopic (exact) mass is 305 g/mol. The summed E-state index contributed by atoms with van der Waals surface area (Å²) in [6.45, 7) is 6.52. The van der Waals surface area contributed by atoms with Crippen molar-refractivity contribution in [2.45, 2.75) is 32.5 Å². The summed E-state index contributed by atoms with van der Waals surface area (Å²) in [5, 5.41) is 12.9. The first-order valence-corrected chi connectivity index (χ1v) is 8.12. The van der Waals surface area contributed by atoms with E-state index in [1.807, 2.05) is 18.2 Å². The van der Waals surface area contributed by atoms with E-state index in [9.17, 15) is 5.11 Å². The largest absolute Gasteiger partial charge is 0.393 e. The second kappa shape index (κ2) is 9.43. The van der Waals surface area contributed by atoms with Crippen molar-refractivity contribution >= 4 is 5.96 Å². The highest BCUT2D eigenvalue weighted by molar-refractivity contribution is 5.80. The molecule has 0 aliphatic carbocycles. The minimum atomic E-state index is -0.159. The number of piperidine rings is 1. The lowest BCUT2D eigenvalue weighted by atomic mass is 10.1. The third kappa shape index (κ3) is 5.66. The molecule has 0 amide bonds. The Kier molecular flexibility index (Phi) is 7.19. The lowest BCUT2D eigenvalue weighted by molar-refractivity contribution is 0.107. The summed E-state index contributed by atoms with van der Waals surface area (Å²) >= 11 is 0. The number of guanidine groups is 1. The van der Waals surface area contributed by atoms with E-state index in [0.717, 1.165) is 38.4 Å². The van der Waals surface area contributed by atoms with Gasteiger partial charge in [-0.3, -0.25) is 4.99 Å². The minimum Gasteiger partial charge on any atom is -0.393 e. The van der Waals surface area contributed by atoms with Crippen molar-refractivity contribution in [1.82, 2.24) is 10.2 Å². The van der Waals surface area contributed by atoms with Crippen LogP contribution in [-0.4, -0.2) is 54.9 Å². The van der Waals surface area contributed by atoms with Gasteiger partial charge in [-0.15, -0.1) is 0 Å². The van der Waals surface area contributed by atoms with Crippen LogP contribution in [0.3, 0.4) is 0 Å². The van der Waals surface area contributed by atoms with Crippen molar-refractivity contribution in [3.8, 4) is 0 Å². The lowest BCUT2D eigenvalue weighted by Crippen LogP contribution is -2.46. The highest BCUT2D eigenvalue weighted by atomic mass is 16.5. The van der Waals surface area contributed by atoms with E-state index >= 15 is 0 Å². The molecule has 0 spiro atoms. The number of rotatable bonds is 6. The van der Waals surface area contributed by atoms with Gasteiger partial charge >= 0.3 is 0 Å². The Morgan fingerprint density at radius 2 is 2.05 bits per heavy atom. The molecular formula is C17H27N3O2. The summed E-state index contributed by atoms with van der Waals surface area (Å²) in [6, 6.07) is 10.2. The molecule has 1 aromatic rings. The van der Waals surface area contributed by atoms with Crippen molar-refractivity contribution in [2.75, 3.05) is 32.8 Å². The molecule has 1 saturated heterocycles. The second-order valence-electron chi connectivity index (χ2n) is 5.49. The van der Waals surface area contributed by atoms with Gasteiger partial charge < -0.3 is 20.1 Å². The van der Waals surface area contributed by atoms with Crippen LogP contribution in [0.25, 0.3) is 0 Å². The molecular weight excluding hydrogens is 278 g/mol. The quantitative estimate of drug-likeness (QED) is 0.476. The van der Waals surface area contributed by atoms with Crippen LogP contribution in [0.5, 0.6) is 0 Å². The second-order valence-corrected chi connectivity index (χ2v) is 5.49. The van der Waals surface area contributed by atoms with Crippen LogP contribution in [0.4, 0.5) is 0 Å². The maximum Gasteiger partial charge on any atom is 0.193 e. The highest BCUT2D eigenvalue weighted by Crippen LogP contribution is 2.10. The molecule has 1 aliphatic heterocycles. The summed E-state index contributed by atoms with van der Waals surface area (Å²) in [6.07, 6.45) is 1.47. The first-order chi connectivity index (χ1) is 10.8. The summed E-state index contributed by atoms with van der Waals surface area (Å²) in [5.41, 5.74) is 1.18. The molecule has 0 saturated carbocycles. The normalized spacial score (nSPS) is 16.8. The molecule has 0 aromatic heterocycles. The molecule has 1 aromatic carbocycles. The van der Waals surface area contributed by atoms with E-state index in [1.165, 1.54) is 5.56 Å². The Morgan fingerprint density at radius 1 is 1.32 bits per heavy atom. The van der Waals surface area contributed by atoms with Crippen LogP contribution in [0, 0.1) is 0 Å². The van der Waals surface area contributed by atoms with Gasteiger partial charge in [0.25, 0.3) is 0 Å². The molecule has 122 valence electrons. The average Bonchev–Trinajstić information content (AvgIpc) is 2.55. The summed E-state index contributed by atoms with van der Waals surface area (Å²) < 4.78 is 5.66. The predicted molar refractivity (Wildman–Crippen MR) is 88.9 cm³/mol. The van der Waals surface area contributed by atoms with Crippen LogP contribution in [0.2, 0.25) is 0 Å². The van der Waals surface area contributed by atoms with Gasteiger partial charge in [-0.1, -0.05) is 30.3 Å². The van der Waals surface area contributed by atoms with E-state index in [-0.39, 0.29) is 6.10 Å². The number of ether oxygens (including phenoxy) is 1. The van der Waals surface area contributed by atoms with Gasteiger partial charge in [0.1, 0.15) is 0 Å². The number of benzene rings is 1. The van der Waals surface area contributed by atoms with Crippen LogP contribution in [0.1, 0.15) is 25.3 Å². The van der Waals surface area contributed by atoms with Gasteiger partial charge in [-0.05, 0) is 25.3 Å². The van der Waals surface area contributed by atoms with Crippen molar-refractivity contribution in [2.24, 2.45) is 4.99 Å². The SMILES string of the molecule is CCNC(=NCCOCc1ccccc1)N1CCC(O)CC1. The number of likely N-dealkylation sites (tertiary alicyclic amines) is 1. The molecule has 0 unspecified atom stereocenters. The predicted octanol–water partition coefficient (Wildman–Crippen LogP) is 1.63. The van der Waals surface area contributed by atoms with Crippen LogP contribution in [-0.2, 0) is 11.3 Å². The Balaban J connectivity index is 1.73. The van der Waals surface area contributed by atoms with Gasteiger partial charge in [-0.25, -0.2) is 0 Å². The van der Waals surface area contributed by atoms with E-state index in [2.05, 4.69) is 34.3 Å². The lowest BCUT2D eigenvalue weighted by Gasteiger charge is -2.32. The maximum absolute atomic E-state index is 9.59. The number of nitrogens with zero attached hydrogens (tertiary/aromatic N) is 2. The first kappa shape index (κ1) is 16.8. The molecule has 1 fully saturated rings.